The number of amides is 4. The first-order valence-corrected chi connectivity index (χ1v) is 10.9. The lowest BCUT2D eigenvalue weighted by Crippen LogP contribution is -2.54. The highest BCUT2D eigenvalue weighted by molar-refractivity contribution is 6.24. The van der Waals surface area contributed by atoms with Gasteiger partial charge in [-0.2, -0.15) is 0 Å². The van der Waals surface area contributed by atoms with E-state index in [-0.39, 0.29) is 18.7 Å². The zero-order valence-electron chi connectivity index (χ0n) is 17.6. The minimum Gasteiger partial charge on any atom is -0.369 e. The van der Waals surface area contributed by atoms with Crippen molar-refractivity contribution >= 4 is 29.3 Å². The van der Waals surface area contributed by atoms with E-state index in [1.807, 2.05) is 24.3 Å². The van der Waals surface area contributed by atoms with Crippen molar-refractivity contribution in [3.8, 4) is 0 Å². The Balaban J connectivity index is 1.32. The molecule has 0 spiro atoms. The Kier molecular flexibility index (Phi) is 5.22. The molecule has 5 rings (SSSR count). The van der Waals surface area contributed by atoms with Gasteiger partial charge in [0, 0.05) is 44.8 Å². The molecular formula is C24H24N4O4. The van der Waals surface area contributed by atoms with E-state index in [1.165, 1.54) is 5.69 Å². The lowest BCUT2D eigenvalue weighted by molar-refractivity contribution is -0.136. The zero-order valence-corrected chi connectivity index (χ0v) is 17.6. The Hall–Kier alpha value is -3.52. The normalized spacial score (nSPS) is 21.7. The van der Waals surface area contributed by atoms with Gasteiger partial charge in [0.1, 0.15) is 6.04 Å². The van der Waals surface area contributed by atoms with Crippen LogP contribution in [0.3, 0.4) is 0 Å². The molecule has 1 unspecified atom stereocenters. The largest absolute Gasteiger partial charge is 0.369 e. The molecule has 0 aliphatic carbocycles. The number of hydrogen-bond donors (Lipinski definition) is 1. The smallest absolute Gasteiger partial charge is 0.262 e. The van der Waals surface area contributed by atoms with Gasteiger partial charge in [0.25, 0.3) is 11.8 Å². The third kappa shape index (κ3) is 3.56. The molecule has 0 aromatic heterocycles. The van der Waals surface area contributed by atoms with Crippen LogP contribution in [0.1, 0.15) is 39.1 Å². The Bertz CT molecular complexity index is 1090. The van der Waals surface area contributed by atoms with E-state index < -0.39 is 23.8 Å². The van der Waals surface area contributed by atoms with Crippen molar-refractivity contribution < 1.29 is 19.2 Å². The quantitative estimate of drug-likeness (QED) is 0.735. The number of hydrogen-bond acceptors (Lipinski definition) is 6. The topological polar surface area (TPSA) is 90.0 Å². The monoisotopic (exact) mass is 432 g/mol. The van der Waals surface area contributed by atoms with Gasteiger partial charge in [-0.05, 0) is 30.2 Å². The van der Waals surface area contributed by atoms with Gasteiger partial charge in [-0.1, -0.05) is 30.3 Å². The SMILES string of the molecule is O=C1CCC(N2C(=O)c3cccc(CN4CCN(c5ccccc5)CC4)c3C2=O)C(=O)N1. The number of nitrogens with zero attached hydrogens (tertiary/aromatic N) is 3. The van der Waals surface area contributed by atoms with E-state index in [0.717, 1.165) is 36.6 Å². The third-order valence-corrected chi connectivity index (χ3v) is 6.44. The summed E-state index contributed by atoms with van der Waals surface area (Å²) in [5.41, 5.74) is 2.71. The number of nitrogens with one attached hydrogen (secondary N) is 1. The van der Waals surface area contributed by atoms with Gasteiger partial charge in [0.05, 0.1) is 11.1 Å². The molecule has 8 heteroatoms. The number of imide groups is 2. The fourth-order valence-corrected chi connectivity index (χ4v) is 4.76. The number of fused-ring (bicyclic) bond motifs is 1. The van der Waals surface area contributed by atoms with Crippen molar-refractivity contribution in [1.82, 2.24) is 15.1 Å². The molecular weight excluding hydrogens is 408 g/mol. The summed E-state index contributed by atoms with van der Waals surface area (Å²) >= 11 is 0. The fourth-order valence-electron chi connectivity index (χ4n) is 4.76. The Morgan fingerprint density at radius 3 is 2.31 bits per heavy atom. The van der Waals surface area contributed by atoms with Crippen LogP contribution in [0.5, 0.6) is 0 Å². The summed E-state index contributed by atoms with van der Waals surface area (Å²) in [6.45, 7) is 4.02. The van der Waals surface area contributed by atoms with Crippen molar-refractivity contribution in [3.63, 3.8) is 0 Å². The maximum atomic E-state index is 13.2. The molecule has 164 valence electrons. The first-order chi connectivity index (χ1) is 15.5. The van der Waals surface area contributed by atoms with Gasteiger partial charge in [-0.3, -0.25) is 34.3 Å². The lowest BCUT2D eigenvalue weighted by atomic mass is 10.0. The van der Waals surface area contributed by atoms with Crippen molar-refractivity contribution in [2.75, 3.05) is 31.1 Å². The van der Waals surface area contributed by atoms with E-state index in [9.17, 15) is 19.2 Å². The molecule has 2 aromatic rings. The molecule has 2 saturated heterocycles. The highest BCUT2D eigenvalue weighted by atomic mass is 16.2. The van der Waals surface area contributed by atoms with E-state index in [2.05, 4.69) is 27.2 Å². The number of carbonyl (C=O) groups is 4. The van der Waals surface area contributed by atoms with Gasteiger partial charge >= 0.3 is 0 Å². The van der Waals surface area contributed by atoms with Crippen LogP contribution >= 0.6 is 0 Å². The van der Waals surface area contributed by atoms with Crippen LogP contribution in [0, 0.1) is 0 Å². The van der Waals surface area contributed by atoms with Gasteiger partial charge in [-0.15, -0.1) is 0 Å². The predicted molar refractivity (Wildman–Crippen MR) is 117 cm³/mol. The van der Waals surface area contributed by atoms with Crippen LogP contribution in [-0.2, 0) is 16.1 Å². The molecule has 3 heterocycles. The number of anilines is 1. The van der Waals surface area contributed by atoms with Gasteiger partial charge in [-0.25, -0.2) is 0 Å². The molecule has 1 N–H and O–H groups in total. The Morgan fingerprint density at radius 2 is 1.59 bits per heavy atom. The average Bonchev–Trinajstić information content (AvgIpc) is 3.06. The number of piperazine rings is 1. The molecule has 0 bridgehead atoms. The molecule has 3 aliphatic rings. The second-order valence-corrected chi connectivity index (χ2v) is 8.39. The summed E-state index contributed by atoms with van der Waals surface area (Å²) in [5, 5.41) is 2.24. The Morgan fingerprint density at radius 1 is 0.844 bits per heavy atom. The predicted octanol–water partition coefficient (Wildman–Crippen LogP) is 1.41. The van der Waals surface area contributed by atoms with Crippen LogP contribution in [0.15, 0.2) is 48.5 Å². The minimum atomic E-state index is -0.942. The van der Waals surface area contributed by atoms with Crippen LogP contribution in [0.4, 0.5) is 5.69 Å². The first kappa shape index (κ1) is 20.4. The second-order valence-electron chi connectivity index (χ2n) is 8.39. The van der Waals surface area contributed by atoms with E-state index in [0.29, 0.717) is 17.7 Å². The molecule has 8 nitrogen and oxygen atoms in total. The number of para-hydroxylation sites is 1. The Labute approximate surface area is 185 Å². The summed E-state index contributed by atoms with van der Waals surface area (Å²) in [6, 6.07) is 14.6. The molecule has 32 heavy (non-hydrogen) atoms. The van der Waals surface area contributed by atoms with Crippen LogP contribution in [-0.4, -0.2) is 65.6 Å². The zero-order chi connectivity index (χ0) is 22.2. The van der Waals surface area contributed by atoms with Crippen LogP contribution in [0.2, 0.25) is 0 Å². The van der Waals surface area contributed by atoms with E-state index in [4.69, 9.17) is 0 Å². The molecule has 0 saturated carbocycles. The van der Waals surface area contributed by atoms with E-state index >= 15 is 0 Å². The molecule has 4 amide bonds. The van der Waals surface area contributed by atoms with Gasteiger partial charge in [0.15, 0.2) is 0 Å². The lowest BCUT2D eigenvalue weighted by Gasteiger charge is -2.36. The molecule has 1 atom stereocenters. The van der Waals surface area contributed by atoms with Crippen molar-refractivity contribution in [2.24, 2.45) is 0 Å². The number of benzene rings is 2. The highest BCUT2D eigenvalue weighted by Crippen LogP contribution is 2.30. The molecule has 2 aromatic carbocycles. The third-order valence-electron chi connectivity index (χ3n) is 6.44. The molecule has 2 fully saturated rings. The van der Waals surface area contributed by atoms with Crippen LogP contribution < -0.4 is 10.2 Å². The minimum absolute atomic E-state index is 0.113. The molecule has 3 aliphatic heterocycles. The maximum Gasteiger partial charge on any atom is 0.262 e. The van der Waals surface area contributed by atoms with Crippen molar-refractivity contribution in [1.29, 1.82) is 0 Å². The summed E-state index contributed by atoms with van der Waals surface area (Å²) in [7, 11) is 0. The standard InChI is InChI=1S/C24H24N4O4/c29-20-10-9-19(22(30)25-20)28-23(31)18-8-4-5-16(21(18)24(28)32)15-26-11-13-27(14-12-26)17-6-2-1-3-7-17/h1-8,19H,9-15H2,(H,25,29,30). The van der Waals surface area contributed by atoms with Crippen molar-refractivity contribution in [2.45, 2.75) is 25.4 Å². The van der Waals surface area contributed by atoms with E-state index in [1.54, 1.807) is 12.1 Å². The second kappa shape index (κ2) is 8.20. The number of carbonyl (C=O) groups excluding carboxylic acids is 4. The van der Waals surface area contributed by atoms with Crippen molar-refractivity contribution in [3.05, 3.63) is 65.2 Å². The summed E-state index contributed by atoms with van der Waals surface area (Å²) in [4.78, 5) is 55.7. The van der Waals surface area contributed by atoms with Crippen LogP contribution in [0.25, 0.3) is 0 Å². The maximum absolute atomic E-state index is 13.2. The average molecular weight is 432 g/mol. The summed E-state index contributed by atoms with van der Waals surface area (Å²) < 4.78 is 0. The van der Waals surface area contributed by atoms with Gasteiger partial charge < -0.3 is 4.90 Å². The molecule has 0 radical (unpaired) electrons. The first-order valence-electron chi connectivity index (χ1n) is 10.9. The number of rotatable bonds is 4. The van der Waals surface area contributed by atoms with Gasteiger partial charge in [0.2, 0.25) is 11.8 Å². The number of piperidine rings is 1. The summed E-state index contributed by atoms with van der Waals surface area (Å²) in [5.74, 6) is -1.87. The summed E-state index contributed by atoms with van der Waals surface area (Å²) in [6.07, 6.45) is 0.273. The fraction of sp³-hybridized carbons (Fsp3) is 0.333. The highest BCUT2D eigenvalue weighted by Gasteiger charge is 2.45.